The molecule has 4 aliphatic rings. The van der Waals surface area contributed by atoms with Crippen molar-refractivity contribution in [2.75, 3.05) is 0 Å². The molecule has 2 saturated carbocycles. The number of esters is 1. The number of ether oxygens (including phenoxy) is 1. The highest BCUT2D eigenvalue weighted by atomic mass is 79.9. The van der Waals surface area contributed by atoms with E-state index in [1.165, 1.54) is 6.42 Å². The predicted molar refractivity (Wildman–Crippen MR) is 51.6 cm³/mol. The molecule has 72 valence electrons. The quantitative estimate of drug-likeness (QED) is 0.483. The Labute approximate surface area is 86.1 Å². The van der Waals surface area contributed by atoms with Gasteiger partial charge in [-0.25, -0.2) is 0 Å². The van der Waals surface area contributed by atoms with Gasteiger partial charge in [0.25, 0.3) is 0 Å². The molecule has 4 rings (SSSR count). The lowest BCUT2D eigenvalue weighted by molar-refractivity contribution is -0.151. The lowest BCUT2D eigenvalue weighted by Crippen LogP contribution is -2.40. The normalized spacial score (nSPS) is 53.3. The van der Waals surface area contributed by atoms with Crippen molar-refractivity contribution in [3.63, 3.8) is 0 Å². The van der Waals surface area contributed by atoms with Crippen molar-refractivity contribution in [3.8, 4) is 0 Å². The van der Waals surface area contributed by atoms with Crippen LogP contribution < -0.4 is 0 Å². The lowest BCUT2D eigenvalue weighted by atomic mass is 9.68. The van der Waals surface area contributed by atoms with Crippen molar-refractivity contribution in [3.05, 3.63) is 0 Å². The maximum absolute atomic E-state index is 11.6. The molecule has 2 heterocycles. The molecule has 0 amide bonds. The Bertz CT molecular complexity index is 266. The molecule has 4 unspecified atom stereocenters. The van der Waals surface area contributed by atoms with Crippen LogP contribution in [0.5, 0.6) is 0 Å². The summed E-state index contributed by atoms with van der Waals surface area (Å²) in [7, 11) is 0. The van der Waals surface area contributed by atoms with Crippen LogP contribution in [-0.2, 0) is 9.53 Å². The highest BCUT2D eigenvalue weighted by Crippen LogP contribution is 2.53. The second kappa shape index (κ2) is 2.50. The van der Waals surface area contributed by atoms with Gasteiger partial charge < -0.3 is 4.74 Å². The molecule has 0 aromatic heterocycles. The highest BCUT2D eigenvalue weighted by Gasteiger charge is 2.51. The van der Waals surface area contributed by atoms with Gasteiger partial charge in [-0.05, 0) is 38.0 Å². The van der Waals surface area contributed by atoms with E-state index in [1.807, 2.05) is 0 Å². The molecule has 0 aromatic rings. The molecule has 2 nitrogen and oxygen atoms in total. The summed E-state index contributed by atoms with van der Waals surface area (Å²) in [6.45, 7) is 0. The fourth-order valence-corrected chi connectivity index (χ4v) is 4.56. The number of alkyl halides is 1. The van der Waals surface area contributed by atoms with Crippen LogP contribution in [0.15, 0.2) is 0 Å². The van der Waals surface area contributed by atoms with Gasteiger partial charge in [-0.1, -0.05) is 15.9 Å². The Balaban J connectivity index is 2.00. The molecule has 4 atom stereocenters. The van der Waals surface area contributed by atoms with E-state index < -0.39 is 0 Å². The van der Waals surface area contributed by atoms with E-state index in [4.69, 9.17) is 4.74 Å². The minimum absolute atomic E-state index is 0.0634. The van der Waals surface area contributed by atoms with Gasteiger partial charge in [0.15, 0.2) is 0 Å². The fraction of sp³-hybridized carbons (Fsp3) is 0.900. The minimum atomic E-state index is 0.0634. The second-order valence-corrected chi connectivity index (χ2v) is 6.54. The summed E-state index contributed by atoms with van der Waals surface area (Å²) in [5, 5.41) is 0. The zero-order valence-electron chi connectivity index (χ0n) is 7.46. The van der Waals surface area contributed by atoms with E-state index in [0.717, 1.165) is 31.6 Å². The Morgan fingerprint density at radius 3 is 2.92 bits per heavy atom. The number of carbonyl (C=O) groups excluding carboxylic acids is 1. The van der Waals surface area contributed by atoms with Crippen LogP contribution >= 0.6 is 15.9 Å². The van der Waals surface area contributed by atoms with Gasteiger partial charge in [0.1, 0.15) is 6.10 Å². The zero-order chi connectivity index (χ0) is 9.05. The van der Waals surface area contributed by atoms with Gasteiger partial charge in [0.2, 0.25) is 0 Å². The molecule has 4 fully saturated rings. The molecular weight excluding hydrogens is 232 g/mol. The summed E-state index contributed by atoms with van der Waals surface area (Å²) in [4.78, 5) is 11.6. The molecule has 0 N–H and O–H groups in total. The van der Waals surface area contributed by atoms with Gasteiger partial charge in [-0.3, -0.25) is 4.79 Å². The van der Waals surface area contributed by atoms with Crippen molar-refractivity contribution >= 4 is 21.9 Å². The van der Waals surface area contributed by atoms with Crippen LogP contribution in [-0.4, -0.2) is 16.4 Å². The first-order valence-corrected chi connectivity index (χ1v) is 5.83. The summed E-state index contributed by atoms with van der Waals surface area (Å²) in [5.74, 6) is 0.975. The van der Waals surface area contributed by atoms with Crippen LogP contribution in [0.25, 0.3) is 0 Å². The number of halogens is 1. The van der Waals surface area contributed by atoms with E-state index in [9.17, 15) is 4.79 Å². The van der Waals surface area contributed by atoms with Crippen molar-refractivity contribution in [1.82, 2.24) is 0 Å². The van der Waals surface area contributed by atoms with Crippen LogP contribution in [0.2, 0.25) is 0 Å². The first-order valence-electron chi connectivity index (χ1n) is 5.04. The SMILES string of the molecule is O=C1OC2CC3CC1CC(Br)(C3)C2. The minimum Gasteiger partial charge on any atom is -0.462 e. The van der Waals surface area contributed by atoms with E-state index in [2.05, 4.69) is 15.9 Å². The van der Waals surface area contributed by atoms with Crippen molar-refractivity contribution in [2.45, 2.75) is 42.5 Å². The highest BCUT2D eigenvalue weighted by molar-refractivity contribution is 9.10. The number of rotatable bonds is 0. The topological polar surface area (TPSA) is 26.3 Å². The van der Waals surface area contributed by atoms with Gasteiger partial charge in [0, 0.05) is 4.32 Å². The zero-order valence-corrected chi connectivity index (χ0v) is 9.05. The average Bonchev–Trinajstić information content (AvgIpc) is 2.12. The van der Waals surface area contributed by atoms with Crippen molar-refractivity contribution in [2.24, 2.45) is 11.8 Å². The maximum atomic E-state index is 11.6. The van der Waals surface area contributed by atoms with Crippen molar-refractivity contribution < 1.29 is 9.53 Å². The standard InChI is InChI=1S/C10H13BrO2/c11-10-3-6-1-7(4-10)9(12)13-8(2-6)5-10/h6-8H,1-5H2. The molecule has 2 saturated heterocycles. The summed E-state index contributed by atoms with van der Waals surface area (Å²) in [6, 6.07) is 0. The van der Waals surface area contributed by atoms with Crippen molar-refractivity contribution in [1.29, 1.82) is 0 Å². The summed E-state index contributed by atoms with van der Waals surface area (Å²) < 4.78 is 5.66. The monoisotopic (exact) mass is 244 g/mol. The van der Waals surface area contributed by atoms with Gasteiger partial charge in [-0.2, -0.15) is 0 Å². The molecular formula is C10H13BrO2. The van der Waals surface area contributed by atoms with Gasteiger partial charge in [-0.15, -0.1) is 0 Å². The van der Waals surface area contributed by atoms with E-state index in [0.29, 0.717) is 0 Å². The van der Waals surface area contributed by atoms with Crippen LogP contribution in [0.1, 0.15) is 32.1 Å². The van der Waals surface area contributed by atoms with E-state index >= 15 is 0 Å². The van der Waals surface area contributed by atoms with Crippen LogP contribution in [0, 0.1) is 11.8 Å². The molecule has 3 heteroatoms. The summed E-state index contributed by atoms with van der Waals surface area (Å²) in [5.41, 5.74) is 0. The summed E-state index contributed by atoms with van der Waals surface area (Å²) in [6.07, 6.45) is 5.66. The molecule has 0 radical (unpaired) electrons. The number of fused-ring (bicyclic) bond motifs is 1. The van der Waals surface area contributed by atoms with E-state index in [1.54, 1.807) is 0 Å². The molecule has 13 heavy (non-hydrogen) atoms. The Morgan fingerprint density at radius 1 is 1.31 bits per heavy atom. The first-order chi connectivity index (χ1) is 6.15. The maximum Gasteiger partial charge on any atom is 0.309 e. The third-order valence-corrected chi connectivity index (χ3v) is 4.66. The molecule has 4 bridgehead atoms. The van der Waals surface area contributed by atoms with Gasteiger partial charge in [0.05, 0.1) is 5.92 Å². The molecule has 2 aliphatic heterocycles. The Morgan fingerprint density at radius 2 is 2.15 bits per heavy atom. The molecule has 0 spiro atoms. The first kappa shape index (κ1) is 8.27. The molecule has 2 aliphatic carbocycles. The Hall–Kier alpha value is -0.0500. The smallest absolute Gasteiger partial charge is 0.309 e. The van der Waals surface area contributed by atoms with E-state index in [-0.39, 0.29) is 22.3 Å². The second-order valence-electron chi connectivity index (χ2n) is 4.86. The largest absolute Gasteiger partial charge is 0.462 e. The third-order valence-electron chi connectivity index (χ3n) is 3.69. The number of carbonyl (C=O) groups is 1. The van der Waals surface area contributed by atoms with Crippen LogP contribution in [0.4, 0.5) is 0 Å². The number of hydrogen-bond donors (Lipinski definition) is 0. The summed E-state index contributed by atoms with van der Waals surface area (Å²) >= 11 is 3.80. The predicted octanol–water partition coefficient (Wildman–Crippen LogP) is 2.26. The Kier molecular flexibility index (Phi) is 1.59. The third kappa shape index (κ3) is 1.24. The fourth-order valence-electron chi connectivity index (χ4n) is 3.35. The van der Waals surface area contributed by atoms with Crippen LogP contribution in [0.3, 0.4) is 0 Å². The number of hydrogen-bond acceptors (Lipinski definition) is 2. The average molecular weight is 245 g/mol. The molecule has 0 aromatic carbocycles. The van der Waals surface area contributed by atoms with Gasteiger partial charge >= 0.3 is 5.97 Å². The lowest BCUT2D eigenvalue weighted by Gasteiger charge is -2.42.